The Kier molecular flexibility index (Phi) is 7.03. The maximum atomic E-state index is 13.6. The van der Waals surface area contributed by atoms with Crippen LogP contribution in [0.1, 0.15) is 23.7 Å². The minimum atomic E-state index is -4.68. The third kappa shape index (κ3) is 4.86. The van der Waals surface area contributed by atoms with E-state index in [0.29, 0.717) is 15.8 Å². The van der Waals surface area contributed by atoms with Crippen molar-refractivity contribution in [3.8, 4) is 28.7 Å². The smallest absolute Gasteiger partial charge is 0.416 e. The highest BCUT2D eigenvalue weighted by atomic mass is 19.4. The fraction of sp³-hybridized carbons (Fsp3) is 0.192. The lowest BCUT2D eigenvalue weighted by molar-refractivity contribution is -0.144. The topological polar surface area (TPSA) is 112 Å². The van der Waals surface area contributed by atoms with E-state index in [0.717, 1.165) is 22.8 Å². The van der Waals surface area contributed by atoms with Crippen LogP contribution in [0.15, 0.2) is 70.4 Å². The van der Waals surface area contributed by atoms with E-state index >= 15 is 0 Å². The highest BCUT2D eigenvalue weighted by molar-refractivity contribution is 5.70. The van der Waals surface area contributed by atoms with Crippen LogP contribution in [-0.2, 0) is 22.3 Å². The Bertz CT molecular complexity index is 1680. The molecular weight excluding hydrogens is 503 g/mol. The van der Waals surface area contributed by atoms with Crippen molar-refractivity contribution < 1.29 is 22.7 Å². The van der Waals surface area contributed by atoms with Crippen molar-refractivity contribution in [3.63, 3.8) is 0 Å². The van der Waals surface area contributed by atoms with Gasteiger partial charge in [0.2, 0.25) is 0 Å². The Labute approximate surface area is 213 Å². The third-order valence-electron chi connectivity index (χ3n) is 5.74. The van der Waals surface area contributed by atoms with Gasteiger partial charge in [0.15, 0.2) is 0 Å². The summed E-state index contributed by atoms with van der Waals surface area (Å²) in [6.07, 6.45) is -3.27. The predicted molar refractivity (Wildman–Crippen MR) is 130 cm³/mol. The summed E-state index contributed by atoms with van der Waals surface area (Å²) in [5.41, 5.74) is -1.92. The lowest BCUT2D eigenvalue weighted by atomic mass is 10.1. The van der Waals surface area contributed by atoms with Gasteiger partial charge in [0, 0.05) is 5.69 Å². The van der Waals surface area contributed by atoms with E-state index in [1.54, 1.807) is 31.2 Å². The second kappa shape index (κ2) is 10.2. The van der Waals surface area contributed by atoms with Gasteiger partial charge >= 0.3 is 17.8 Å². The fourth-order valence-corrected chi connectivity index (χ4v) is 4.02. The Morgan fingerprint density at radius 1 is 1.08 bits per heavy atom. The number of hydrogen-bond donors (Lipinski definition) is 0. The molecule has 12 heteroatoms. The van der Waals surface area contributed by atoms with Crippen LogP contribution in [0, 0.1) is 18.3 Å². The van der Waals surface area contributed by atoms with Crippen molar-refractivity contribution in [2.24, 2.45) is 0 Å². The lowest BCUT2D eigenvalue weighted by Crippen LogP contribution is -2.43. The summed E-state index contributed by atoms with van der Waals surface area (Å²) >= 11 is 0. The molecule has 2 aromatic heterocycles. The maximum Gasteiger partial charge on any atom is 0.416 e. The molecule has 0 radical (unpaired) electrons. The molecule has 0 spiro atoms. The molecule has 0 saturated carbocycles. The number of ether oxygens (including phenoxy) is 1. The van der Waals surface area contributed by atoms with E-state index in [2.05, 4.69) is 5.10 Å². The molecule has 0 aliphatic rings. The van der Waals surface area contributed by atoms with Gasteiger partial charge in [-0.15, -0.1) is 0 Å². The van der Waals surface area contributed by atoms with Crippen LogP contribution < -0.4 is 11.2 Å². The number of halogens is 3. The van der Waals surface area contributed by atoms with Crippen molar-refractivity contribution in [2.45, 2.75) is 26.6 Å². The molecule has 0 aliphatic carbocycles. The molecule has 194 valence electrons. The average Bonchev–Trinajstić information content (AvgIpc) is 3.36. The molecular formula is C26H20F3N5O4. The van der Waals surface area contributed by atoms with E-state index in [-0.39, 0.29) is 29.2 Å². The third-order valence-corrected chi connectivity index (χ3v) is 5.74. The molecule has 0 N–H and O–H groups in total. The SMILES string of the molecule is CCOC(=O)Cn1c(=O)c(-c2ccnn2-c2ccc(C#N)cc2)c(C)n(-c2cccc(C(F)(F)F)c2)c1=O. The highest BCUT2D eigenvalue weighted by Gasteiger charge is 2.31. The minimum absolute atomic E-state index is 0.000413. The molecule has 38 heavy (non-hydrogen) atoms. The average molecular weight is 523 g/mol. The Hall–Kier alpha value is -4.92. The van der Waals surface area contributed by atoms with Gasteiger partial charge in [-0.2, -0.15) is 23.5 Å². The fourth-order valence-electron chi connectivity index (χ4n) is 4.02. The Balaban J connectivity index is 2.02. The number of nitriles is 1. The zero-order valence-electron chi connectivity index (χ0n) is 20.2. The number of esters is 1. The van der Waals surface area contributed by atoms with Crippen LogP contribution in [0.3, 0.4) is 0 Å². The first-order valence-corrected chi connectivity index (χ1v) is 11.3. The lowest BCUT2D eigenvalue weighted by Gasteiger charge is -2.19. The van der Waals surface area contributed by atoms with E-state index in [1.807, 2.05) is 6.07 Å². The summed E-state index contributed by atoms with van der Waals surface area (Å²) in [6, 6.07) is 13.9. The number of carbonyl (C=O) groups is 1. The molecule has 0 atom stereocenters. The standard InChI is InChI=1S/C26H20F3N5O4/c1-3-38-22(35)15-32-24(36)23(21-11-12-31-34(21)19-9-7-17(14-30)8-10-19)16(2)33(25(32)37)20-6-4-5-18(13-20)26(27,28)29/h4-13H,3,15H2,1-2H3. The van der Waals surface area contributed by atoms with Crippen LogP contribution in [0.25, 0.3) is 22.6 Å². The van der Waals surface area contributed by atoms with Gasteiger partial charge in [-0.25, -0.2) is 14.0 Å². The first-order chi connectivity index (χ1) is 18.1. The van der Waals surface area contributed by atoms with E-state index < -0.39 is 35.5 Å². The van der Waals surface area contributed by atoms with Gasteiger partial charge in [-0.1, -0.05) is 6.07 Å². The number of benzene rings is 2. The number of nitrogens with zero attached hydrogens (tertiary/aromatic N) is 5. The van der Waals surface area contributed by atoms with Crippen molar-refractivity contribution in [2.75, 3.05) is 6.61 Å². The van der Waals surface area contributed by atoms with Crippen LogP contribution >= 0.6 is 0 Å². The van der Waals surface area contributed by atoms with Crippen molar-refractivity contribution in [1.29, 1.82) is 5.26 Å². The summed E-state index contributed by atoms with van der Waals surface area (Å²) in [4.78, 5) is 39.3. The maximum absolute atomic E-state index is 13.6. The largest absolute Gasteiger partial charge is 0.465 e. The van der Waals surface area contributed by atoms with Crippen molar-refractivity contribution in [1.82, 2.24) is 18.9 Å². The summed E-state index contributed by atoms with van der Waals surface area (Å²) in [5.74, 6) is -0.863. The Morgan fingerprint density at radius 3 is 2.42 bits per heavy atom. The predicted octanol–water partition coefficient (Wildman–Crippen LogP) is 3.61. The van der Waals surface area contributed by atoms with Gasteiger partial charge in [-0.05, 0) is 62.4 Å². The van der Waals surface area contributed by atoms with E-state index in [4.69, 9.17) is 10.00 Å². The molecule has 4 aromatic rings. The molecule has 2 aromatic carbocycles. The molecule has 0 amide bonds. The zero-order valence-corrected chi connectivity index (χ0v) is 20.2. The first kappa shape index (κ1) is 26.2. The zero-order chi connectivity index (χ0) is 27.6. The molecule has 0 fully saturated rings. The first-order valence-electron chi connectivity index (χ1n) is 11.3. The second-order valence-corrected chi connectivity index (χ2v) is 8.11. The molecule has 4 rings (SSSR count). The quantitative estimate of drug-likeness (QED) is 0.357. The molecule has 0 aliphatic heterocycles. The number of alkyl halides is 3. The van der Waals surface area contributed by atoms with Crippen LogP contribution in [0.5, 0.6) is 0 Å². The van der Waals surface area contributed by atoms with Crippen molar-refractivity contribution >= 4 is 5.97 Å². The van der Waals surface area contributed by atoms with Crippen LogP contribution in [0.2, 0.25) is 0 Å². The summed E-state index contributed by atoms with van der Waals surface area (Å²) in [6.45, 7) is 2.23. The summed E-state index contributed by atoms with van der Waals surface area (Å²) in [7, 11) is 0. The molecule has 0 saturated heterocycles. The van der Waals surface area contributed by atoms with Crippen LogP contribution in [-0.4, -0.2) is 31.5 Å². The van der Waals surface area contributed by atoms with Gasteiger partial charge in [-0.3, -0.25) is 14.2 Å². The van der Waals surface area contributed by atoms with E-state index in [9.17, 15) is 27.6 Å². The van der Waals surface area contributed by atoms with Gasteiger partial charge in [0.25, 0.3) is 5.56 Å². The molecule has 9 nitrogen and oxygen atoms in total. The minimum Gasteiger partial charge on any atom is -0.465 e. The highest BCUT2D eigenvalue weighted by Crippen LogP contribution is 2.31. The van der Waals surface area contributed by atoms with Gasteiger partial charge in [0.05, 0.1) is 52.6 Å². The van der Waals surface area contributed by atoms with Gasteiger partial charge in [0.1, 0.15) is 6.54 Å². The molecule has 2 heterocycles. The van der Waals surface area contributed by atoms with Crippen LogP contribution in [0.4, 0.5) is 13.2 Å². The molecule has 0 bridgehead atoms. The van der Waals surface area contributed by atoms with Crippen molar-refractivity contribution in [3.05, 3.63) is 98.5 Å². The number of aromatic nitrogens is 4. The summed E-state index contributed by atoms with van der Waals surface area (Å²) < 4.78 is 48.2. The summed E-state index contributed by atoms with van der Waals surface area (Å²) in [5, 5.41) is 13.3. The monoisotopic (exact) mass is 523 g/mol. The Morgan fingerprint density at radius 2 is 1.79 bits per heavy atom. The van der Waals surface area contributed by atoms with Gasteiger partial charge < -0.3 is 4.74 Å². The normalized spacial score (nSPS) is 11.3. The second-order valence-electron chi connectivity index (χ2n) is 8.11. The van der Waals surface area contributed by atoms with E-state index in [1.165, 1.54) is 29.9 Å². The molecule has 0 unspecified atom stereocenters. The number of rotatable bonds is 6. The number of carbonyl (C=O) groups excluding carboxylic acids is 1. The number of hydrogen-bond acceptors (Lipinski definition) is 6.